The Labute approximate surface area is 325 Å². The fourth-order valence-corrected chi connectivity index (χ4v) is 10.4. The second-order valence-electron chi connectivity index (χ2n) is 14.4. The summed E-state index contributed by atoms with van der Waals surface area (Å²) in [7, 11) is 0. The van der Waals surface area contributed by atoms with Gasteiger partial charge in [0.2, 0.25) is 0 Å². The summed E-state index contributed by atoms with van der Waals surface area (Å²) >= 11 is 1.89. The van der Waals surface area contributed by atoms with Crippen LogP contribution in [-0.2, 0) is 5.41 Å². The highest BCUT2D eigenvalue weighted by atomic mass is 32.1. The third-order valence-electron chi connectivity index (χ3n) is 11.5. The van der Waals surface area contributed by atoms with E-state index in [1.165, 1.54) is 75.5 Å². The minimum atomic E-state index is -0.497. The Kier molecular flexibility index (Phi) is 7.33. The molecule has 2 heteroatoms. The Morgan fingerprint density at radius 3 is 1.65 bits per heavy atom. The summed E-state index contributed by atoms with van der Waals surface area (Å²) in [6, 6.07) is 78.3. The van der Waals surface area contributed by atoms with Crippen molar-refractivity contribution in [3.8, 4) is 22.3 Å². The lowest BCUT2D eigenvalue weighted by atomic mass is 9.67. The maximum Gasteiger partial charge on any atom is 0.0714 e. The molecule has 0 aliphatic heterocycles. The largest absolute Gasteiger partial charge is 0.310 e. The average molecular weight is 718 g/mol. The van der Waals surface area contributed by atoms with Crippen molar-refractivity contribution in [2.45, 2.75) is 5.41 Å². The molecule has 1 aliphatic rings. The van der Waals surface area contributed by atoms with Crippen LogP contribution in [0.1, 0.15) is 22.3 Å². The summed E-state index contributed by atoms with van der Waals surface area (Å²) in [5, 5.41) is 5.09. The normalized spacial score (nSPS) is 12.9. The highest BCUT2D eigenvalue weighted by molar-refractivity contribution is 7.26. The molecule has 1 aliphatic carbocycles. The Balaban J connectivity index is 1.20. The van der Waals surface area contributed by atoms with Gasteiger partial charge in [0.15, 0.2) is 0 Å². The van der Waals surface area contributed by atoms with Crippen molar-refractivity contribution < 1.29 is 0 Å². The molecule has 258 valence electrons. The number of benzene rings is 9. The van der Waals surface area contributed by atoms with E-state index in [0.717, 1.165) is 17.1 Å². The Bertz CT molecular complexity index is 2990. The maximum atomic E-state index is 2.48. The first-order valence-corrected chi connectivity index (χ1v) is 19.7. The second-order valence-corrected chi connectivity index (χ2v) is 15.5. The fourth-order valence-electron chi connectivity index (χ4n) is 9.16. The van der Waals surface area contributed by atoms with Crippen molar-refractivity contribution in [1.29, 1.82) is 0 Å². The monoisotopic (exact) mass is 717 g/mol. The molecule has 1 nitrogen and oxygen atoms in total. The van der Waals surface area contributed by atoms with Crippen molar-refractivity contribution in [2.75, 3.05) is 4.90 Å². The lowest BCUT2D eigenvalue weighted by molar-refractivity contribution is 0.768. The van der Waals surface area contributed by atoms with Gasteiger partial charge in [-0.05, 0) is 80.9 Å². The Hall–Kier alpha value is -6.74. The van der Waals surface area contributed by atoms with Crippen molar-refractivity contribution in [3.63, 3.8) is 0 Å². The number of thiophene rings is 1. The van der Waals surface area contributed by atoms with Crippen LogP contribution in [0.4, 0.5) is 17.1 Å². The number of nitrogens with zero attached hydrogens (tertiary/aromatic N) is 1. The van der Waals surface area contributed by atoms with Crippen molar-refractivity contribution in [2.24, 2.45) is 0 Å². The number of anilines is 3. The van der Waals surface area contributed by atoms with Crippen LogP contribution in [0.3, 0.4) is 0 Å². The van der Waals surface area contributed by atoms with Gasteiger partial charge in [0.25, 0.3) is 0 Å². The average Bonchev–Trinajstić information content (AvgIpc) is 3.79. The van der Waals surface area contributed by atoms with Crippen LogP contribution in [0.2, 0.25) is 0 Å². The zero-order valence-electron chi connectivity index (χ0n) is 30.1. The smallest absolute Gasteiger partial charge is 0.0714 e. The van der Waals surface area contributed by atoms with Crippen LogP contribution in [0, 0.1) is 0 Å². The minimum Gasteiger partial charge on any atom is -0.310 e. The van der Waals surface area contributed by atoms with Crippen LogP contribution >= 0.6 is 11.3 Å². The van der Waals surface area contributed by atoms with Gasteiger partial charge < -0.3 is 4.90 Å². The van der Waals surface area contributed by atoms with Gasteiger partial charge in [-0.3, -0.25) is 0 Å². The standard InChI is InChI=1S/C53H35NS/c1-3-16-36(17-4-1)37-30-32-40(33-31-37)54(50-35-47-45-25-11-14-29-51(45)55-52(47)46-26-8-7-24-44(46)50)41-21-15-20-39(34-41)53(38-18-5-2-6-19-38)48-27-12-9-22-42(48)43-23-10-13-28-49(43)53/h1-35H. The highest BCUT2D eigenvalue weighted by Gasteiger charge is 2.46. The zero-order chi connectivity index (χ0) is 36.3. The lowest BCUT2D eigenvalue weighted by Crippen LogP contribution is -2.28. The molecular weight excluding hydrogens is 683 g/mol. The lowest BCUT2D eigenvalue weighted by Gasteiger charge is -2.35. The number of rotatable bonds is 6. The van der Waals surface area contributed by atoms with Gasteiger partial charge in [-0.15, -0.1) is 11.3 Å². The van der Waals surface area contributed by atoms with Crippen LogP contribution in [0.25, 0.3) is 53.2 Å². The molecule has 0 fully saturated rings. The van der Waals surface area contributed by atoms with Gasteiger partial charge in [-0.2, -0.15) is 0 Å². The molecule has 0 saturated heterocycles. The van der Waals surface area contributed by atoms with Crippen LogP contribution in [-0.4, -0.2) is 0 Å². The van der Waals surface area contributed by atoms with E-state index in [9.17, 15) is 0 Å². The first kappa shape index (κ1) is 31.8. The van der Waals surface area contributed by atoms with Gasteiger partial charge in [-0.25, -0.2) is 0 Å². The topological polar surface area (TPSA) is 3.24 Å². The van der Waals surface area contributed by atoms with Crippen molar-refractivity contribution >= 4 is 59.3 Å². The van der Waals surface area contributed by atoms with Gasteiger partial charge in [0.05, 0.1) is 11.1 Å². The van der Waals surface area contributed by atoms with Crippen LogP contribution in [0.5, 0.6) is 0 Å². The van der Waals surface area contributed by atoms with E-state index >= 15 is 0 Å². The van der Waals surface area contributed by atoms with Crippen molar-refractivity contribution in [3.05, 3.63) is 235 Å². The van der Waals surface area contributed by atoms with Crippen LogP contribution in [0.15, 0.2) is 212 Å². The number of hydrogen-bond donors (Lipinski definition) is 0. The summed E-state index contributed by atoms with van der Waals surface area (Å²) in [6.07, 6.45) is 0. The Morgan fingerprint density at radius 2 is 0.927 bits per heavy atom. The predicted molar refractivity (Wildman–Crippen MR) is 234 cm³/mol. The molecule has 0 unspecified atom stereocenters. The summed E-state index contributed by atoms with van der Waals surface area (Å²) in [4.78, 5) is 2.48. The molecule has 11 rings (SSSR count). The zero-order valence-corrected chi connectivity index (χ0v) is 30.9. The van der Waals surface area contributed by atoms with Gasteiger partial charge in [0, 0.05) is 42.3 Å². The number of hydrogen-bond acceptors (Lipinski definition) is 2. The van der Waals surface area contributed by atoms with E-state index < -0.39 is 5.41 Å². The quantitative estimate of drug-likeness (QED) is 0.166. The third-order valence-corrected chi connectivity index (χ3v) is 12.8. The van der Waals surface area contributed by atoms with E-state index in [1.807, 2.05) is 11.3 Å². The highest BCUT2D eigenvalue weighted by Crippen LogP contribution is 2.57. The minimum absolute atomic E-state index is 0.497. The first-order chi connectivity index (χ1) is 27.3. The third kappa shape index (κ3) is 4.85. The summed E-state index contributed by atoms with van der Waals surface area (Å²) in [6.45, 7) is 0. The summed E-state index contributed by atoms with van der Waals surface area (Å²) in [5.41, 5.74) is 13.0. The molecular formula is C53H35NS. The fraction of sp³-hybridized carbons (Fsp3) is 0.0189. The Morgan fingerprint density at radius 1 is 0.364 bits per heavy atom. The van der Waals surface area contributed by atoms with E-state index in [-0.39, 0.29) is 0 Å². The second kappa shape index (κ2) is 12.7. The molecule has 1 heterocycles. The summed E-state index contributed by atoms with van der Waals surface area (Å²) in [5.74, 6) is 0. The molecule has 9 aromatic carbocycles. The molecule has 0 spiro atoms. The van der Waals surface area contributed by atoms with E-state index in [4.69, 9.17) is 0 Å². The SMILES string of the molecule is c1ccc(-c2ccc(N(c3cccc(C4(c5ccccc5)c5ccccc5-c5ccccc54)c3)c3cc4c5ccccc5sc4c4ccccc34)cc2)cc1. The molecule has 0 bridgehead atoms. The summed E-state index contributed by atoms with van der Waals surface area (Å²) < 4.78 is 2.64. The predicted octanol–water partition coefficient (Wildman–Crippen LogP) is 14.7. The molecule has 10 aromatic rings. The van der Waals surface area contributed by atoms with Crippen molar-refractivity contribution in [1.82, 2.24) is 0 Å². The molecule has 0 saturated carbocycles. The molecule has 0 N–H and O–H groups in total. The molecule has 1 aromatic heterocycles. The van der Waals surface area contributed by atoms with E-state index in [2.05, 4.69) is 217 Å². The van der Waals surface area contributed by atoms with Gasteiger partial charge in [-0.1, -0.05) is 176 Å². The van der Waals surface area contributed by atoms with E-state index in [0.29, 0.717) is 0 Å². The molecule has 0 amide bonds. The molecule has 0 radical (unpaired) electrons. The van der Waals surface area contributed by atoms with Gasteiger partial charge >= 0.3 is 0 Å². The first-order valence-electron chi connectivity index (χ1n) is 18.9. The van der Waals surface area contributed by atoms with Crippen LogP contribution < -0.4 is 4.90 Å². The number of fused-ring (bicyclic) bond motifs is 8. The molecule has 55 heavy (non-hydrogen) atoms. The van der Waals surface area contributed by atoms with E-state index in [1.54, 1.807) is 0 Å². The molecule has 0 atom stereocenters. The van der Waals surface area contributed by atoms with Gasteiger partial charge in [0.1, 0.15) is 0 Å². The maximum absolute atomic E-state index is 2.48.